The third kappa shape index (κ3) is 3.14. The second-order valence-corrected chi connectivity index (χ2v) is 8.32. The molecule has 5 nitrogen and oxygen atoms in total. The van der Waals surface area contributed by atoms with E-state index in [0.29, 0.717) is 24.5 Å². The van der Waals surface area contributed by atoms with Gasteiger partial charge in [0, 0.05) is 18.1 Å². The molecule has 0 N–H and O–H groups in total. The van der Waals surface area contributed by atoms with Crippen LogP contribution in [0.1, 0.15) is 30.9 Å². The number of rotatable bonds is 3. The van der Waals surface area contributed by atoms with Crippen molar-refractivity contribution in [2.45, 2.75) is 25.3 Å². The van der Waals surface area contributed by atoms with E-state index < -0.39 is 10.0 Å². The van der Waals surface area contributed by atoms with E-state index in [4.69, 9.17) is 11.6 Å². The van der Waals surface area contributed by atoms with Crippen LogP contribution in [0.15, 0.2) is 24.3 Å². The molecule has 0 aromatic heterocycles. The van der Waals surface area contributed by atoms with Crippen LogP contribution in [-0.4, -0.2) is 48.9 Å². The molecule has 2 aliphatic heterocycles. The normalized spacial score (nSPS) is 24.8. The number of nitrogens with zero attached hydrogens (tertiary/aromatic N) is 2. The zero-order chi connectivity index (χ0) is 15.7. The standard InChI is InChI=1S/C15H19ClN2O3S/c16-13-6-4-12(5-7-13)14-3-1-9-18(14)15(19)11-17-8-2-10-22(17,20)21/h4-7,14H,1-3,8-11H2/t14-/m1/s1. The minimum atomic E-state index is -3.23. The second kappa shape index (κ2) is 6.18. The van der Waals surface area contributed by atoms with Crippen LogP contribution >= 0.6 is 11.6 Å². The molecular weight excluding hydrogens is 324 g/mol. The number of carbonyl (C=O) groups is 1. The zero-order valence-corrected chi connectivity index (χ0v) is 13.8. The van der Waals surface area contributed by atoms with Crippen molar-refractivity contribution in [3.8, 4) is 0 Å². The average molecular weight is 343 g/mol. The Morgan fingerprint density at radius 1 is 1.18 bits per heavy atom. The molecule has 0 bridgehead atoms. The molecule has 0 aliphatic carbocycles. The minimum Gasteiger partial charge on any atom is -0.335 e. The van der Waals surface area contributed by atoms with Gasteiger partial charge in [0.15, 0.2) is 0 Å². The van der Waals surface area contributed by atoms with Crippen LogP contribution < -0.4 is 0 Å². The Kier molecular flexibility index (Phi) is 4.43. The maximum Gasteiger partial charge on any atom is 0.238 e. The molecule has 2 fully saturated rings. The smallest absolute Gasteiger partial charge is 0.238 e. The lowest BCUT2D eigenvalue weighted by Crippen LogP contribution is -2.40. The molecule has 3 rings (SSSR count). The Hall–Kier alpha value is -1.11. The topological polar surface area (TPSA) is 57.7 Å². The van der Waals surface area contributed by atoms with Crippen LogP contribution in [-0.2, 0) is 14.8 Å². The van der Waals surface area contributed by atoms with Crippen LogP contribution in [0.4, 0.5) is 0 Å². The number of amides is 1. The Morgan fingerprint density at radius 2 is 1.91 bits per heavy atom. The van der Waals surface area contributed by atoms with E-state index in [0.717, 1.165) is 18.4 Å². The van der Waals surface area contributed by atoms with Crippen LogP contribution in [0, 0.1) is 0 Å². The van der Waals surface area contributed by atoms with Crippen molar-refractivity contribution in [1.82, 2.24) is 9.21 Å². The molecule has 0 radical (unpaired) electrons. The van der Waals surface area contributed by atoms with Gasteiger partial charge in [-0.05, 0) is 37.0 Å². The molecule has 2 aliphatic rings. The third-order valence-corrected chi connectivity index (χ3v) is 6.50. The molecule has 2 heterocycles. The number of halogens is 1. The minimum absolute atomic E-state index is 0.0232. The van der Waals surface area contributed by atoms with Gasteiger partial charge in [-0.3, -0.25) is 4.79 Å². The fraction of sp³-hybridized carbons (Fsp3) is 0.533. The molecule has 0 saturated carbocycles. The van der Waals surface area contributed by atoms with Gasteiger partial charge in [0.2, 0.25) is 15.9 Å². The Morgan fingerprint density at radius 3 is 2.55 bits per heavy atom. The van der Waals surface area contributed by atoms with Crippen LogP contribution in [0.2, 0.25) is 5.02 Å². The highest BCUT2D eigenvalue weighted by atomic mass is 35.5. The Balaban J connectivity index is 1.72. The maximum atomic E-state index is 12.5. The van der Waals surface area contributed by atoms with Gasteiger partial charge in [0.25, 0.3) is 0 Å². The van der Waals surface area contributed by atoms with Gasteiger partial charge in [0.05, 0.1) is 18.3 Å². The lowest BCUT2D eigenvalue weighted by Gasteiger charge is -2.27. The molecule has 0 unspecified atom stereocenters. The third-order valence-electron chi connectivity index (χ3n) is 4.34. The number of benzene rings is 1. The summed E-state index contributed by atoms with van der Waals surface area (Å²) in [6.07, 6.45) is 2.45. The largest absolute Gasteiger partial charge is 0.335 e. The van der Waals surface area contributed by atoms with Gasteiger partial charge in [-0.2, -0.15) is 4.31 Å². The van der Waals surface area contributed by atoms with Crippen molar-refractivity contribution in [2.75, 3.05) is 25.4 Å². The van der Waals surface area contributed by atoms with Gasteiger partial charge in [0.1, 0.15) is 0 Å². The molecule has 120 valence electrons. The molecule has 1 atom stereocenters. The Labute approximate surface area is 135 Å². The predicted molar refractivity (Wildman–Crippen MR) is 85.1 cm³/mol. The first-order chi connectivity index (χ1) is 10.5. The molecule has 1 amide bonds. The zero-order valence-electron chi connectivity index (χ0n) is 12.2. The lowest BCUT2D eigenvalue weighted by atomic mass is 10.0. The molecule has 22 heavy (non-hydrogen) atoms. The summed E-state index contributed by atoms with van der Waals surface area (Å²) in [4.78, 5) is 14.3. The molecule has 0 spiro atoms. The quantitative estimate of drug-likeness (QED) is 0.844. The van der Waals surface area contributed by atoms with Crippen molar-refractivity contribution in [1.29, 1.82) is 0 Å². The summed E-state index contributed by atoms with van der Waals surface area (Å²) >= 11 is 5.91. The number of hydrogen-bond donors (Lipinski definition) is 0. The molecular formula is C15H19ClN2O3S. The van der Waals surface area contributed by atoms with Crippen molar-refractivity contribution in [3.63, 3.8) is 0 Å². The average Bonchev–Trinajstić information content (AvgIpc) is 3.07. The highest BCUT2D eigenvalue weighted by Crippen LogP contribution is 2.32. The summed E-state index contributed by atoms with van der Waals surface area (Å²) in [5.41, 5.74) is 1.06. The summed E-state index contributed by atoms with van der Waals surface area (Å²) in [6, 6.07) is 7.54. The van der Waals surface area contributed by atoms with E-state index in [1.807, 2.05) is 24.3 Å². The maximum absolute atomic E-state index is 12.5. The van der Waals surface area contributed by atoms with Crippen molar-refractivity contribution in [3.05, 3.63) is 34.9 Å². The predicted octanol–water partition coefficient (Wildman–Crippen LogP) is 2.04. The fourth-order valence-electron chi connectivity index (χ4n) is 3.21. The second-order valence-electron chi connectivity index (χ2n) is 5.80. The van der Waals surface area contributed by atoms with E-state index in [-0.39, 0.29) is 24.2 Å². The van der Waals surface area contributed by atoms with Gasteiger partial charge < -0.3 is 4.90 Å². The molecule has 1 aromatic rings. The summed E-state index contributed by atoms with van der Waals surface area (Å²) < 4.78 is 25.0. The summed E-state index contributed by atoms with van der Waals surface area (Å²) in [5.74, 6) is 0.0453. The summed E-state index contributed by atoms with van der Waals surface area (Å²) in [7, 11) is -3.23. The van der Waals surface area contributed by atoms with Crippen molar-refractivity contribution < 1.29 is 13.2 Å². The monoisotopic (exact) mass is 342 g/mol. The van der Waals surface area contributed by atoms with E-state index in [9.17, 15) is 13.2 Å². The Bertz CT molecular complexity index is 660. The molecule has 1 aromatic carbocycles. The van der Waals surface area contributed by atoms with E-state index >= 15 is 0 Å². The molecule has 7 heteroatoms. The number of carbonyl (C=O) groups excluding carboxylic acids is 1. The van der Waals surface area contributed by atoms with Gasteiger partial charge >= 0.3 is 0 Å². The number of hydrogen-bond acceptors (Lipinski definition) is 3. The van der Waals surface area contributed by atoms with E-state index in [1.54, 1.807) is 4.90 Å². The van der Waals surface area contributed by atoms with E-state index in [1.165, 1.54) is 4.31 Å². The van der Waals surface area contributed by atoms with Gasteiger partial charge in [-0.15, -0.1) is 0 Å². The fourth-order valence-corrected chi connectivity index (χ4v) is 4.80. The first kappa shape index (κ1) is 15.8. The molecule has 2 saturated heterocycles. The number of sulfonamides is 1. The van der Waals surface area contributed by atoms with Crippen molar-refractivity contribution in [2.24, 2.45) is 0 Å². The van der Waals surface area contributed by atoms with Crippen LogP contribution in [0.3, 0.4) is 0 Å². The summed E-state index contributed by atoms with van der Waals surface area (Å²) in [5, 5.41) is 0.669. The SMILES string of the molecule is O=C(CN1CCCS1(=O)=O)N1CCC[C@@H]1c1ccc(Cl)cc1. The number of likely N-dealkylation sites (tertiary alicyclic amines) is 1. The van der Waals surface area contributed by atoms with Crippen LogP contribution in [0.25, 0.3) is 0 Å². The van der Waals surface area contributed by atoms with Gasteiger partial charge in [-0.1, -0.05) is 23.7 Å². The van der Waals surface area contributed by atoms with Crippen LogP contribution in [0.5, 0.6) is 0 Å². The highest BCUT2D eigenvalue weighted by molar-refractivity contribution is 7.89. The first-order valence-corrected chi connectivity index (χ1v) is 9.49. The highest BCUT2D eigenvalue weighted by Gasteiger charge is 2.35. The van der Waals surface area contributed by atoms with Crippen molar-refractivity contribution >= 4 is 27.5 Å². The summed E-state index contributed by atoms with van der Waals surface area (Å²) in [6.45, 7) is 1.10. The van der Waals surface area contributed by atoms with E-state index in [2.05, 4.69) is 0 Å². The van der Waals surface area contributed by atoms with Gasteiger partial charge in [-0.25, -0.2) is 8.42 Å². The lowest BCUT2D eigenvalue weighted by molar-refractivity contribution is -0.132. The first-order valence-electron chi connectivity index (χ1n) is 7.50.